The highest BCUT2D eigenvalue weighted by atomic mass is 16.5. The number of ketones is 1. The average molecular weight is 494 g/mol. The molecule has 0 spiro atoms. The summed E-state index contributed by atoms with van der Waals surface area (Å²) < 4.78 is 11.1. The first kappa shape index (κ1) is 24.6. The first-order valence-electron chi connectivity index (χ1n) is 12.6. The van der Waals surface area contributed by atoms with E-state index in [-0.39, 0.29) is 18.3 Å². The van der Waals surface area contributed by atoms with E-state index in [1.807, 2.05) is 92.7 Å². The first-order chi connectivity index (χ1) is 17.9. The molecule has 3 aromatic carbocycles. The molecular formula is C32H31NO4. The van der Waals surface area contributed by atoms with Gasteiger partial charge >= 0.3 is 5.97 Å². The van der Waals surface area contributed by atoms with Crippen LogP contribution >= 0.6 is 0 Å². The fourth-order valence-electron chi connectivity index (χ4n) is 5.31. The second-order valence-corrected chi connectivity index (χ2v) is 9.76. The summed E-state index contributed by atoms with van der Waals surface area (Å²) in [4.78, 5) is 27.2. The van der Waals surface area contributed by atoms with Crippen LogP contribution in [0.15, 0.2) is 101 Å². The van der Waals surface area contributed by atoms with Gasteiger partial charge in [-0.25, -0.2) is 4.79 Å². The van der Waals surface area contributed by atoms with Crippen LogP contribution in [0.2, 0.25) is 0 Å². The highest BCUT2D eigenvalue weighted by Crippen LogP contribution is 2.46. The van der Waals surface area contributed by atoms with Crippen molar-refractivity contribution in [2.45, 2.75) is 45.1 Å². The second-order valence-electron chi connectivity index (χ2n) is 9.76. The maximum Gasteiger partial charge on any atom is 0.337 e. The third-order valence-electron chi connectivity index (χ3n) is 7.26. The lowest BCUT2D eigenvalue weighted by atomic mass is 9.71. The van der Waals surface area contributed by atoms with E-state index in [9.17, 15) is 9.59 Å². The number of Topliss-reactive ketones (excluding diaryl/α,β-unsaturated/α-hetero) is 1. The molecule has 3 aromatic rings. The van der Waals surface area contributed by atoms with Gasteiger partial charge in [0.25, 0.3) is 0 Å². The summed E-state index contributed by atoms with van der Waals surface area (Å²) in [6, 6.07) is 25.6. The third kappa shape index (κ3) is 5.08. The van der Waals surface area contributed by atoms with Gasteiger partial charge in [-0.2, -0.15) is 0 Å². The molecule has 2 atom stereocenters. The number of aryl methyl sites for hydroxylation is 1. The summed E-state index contributed by atoms with van der Waals surface area (Å²) in [5.74, 6) is 0.0302. The Bertz CT molecular complexity index is 1370. The lowest BCUT2D eigenvalue weighted by Crippen LogP contribution is -2.36. The van der Waals surface area contributed by atoms with Crippen LogP contribution in [0.25, 0.3) is 0 Å². The Morgan fingerprint density at radius 3 is 2.24 bits per heavy atom. The minimum atomic E-state index is -0.468. The number of hydrogen-bond donors (Lipinski definition) is 1. The number of dihydropyridines is 1. The van der Waals surface area contributed by atoms with E-state index in [1.54, 1.807) is 7.11 Å². The molecule has 0 saturated carbocycles. The number of allylic oxidation sites excluding steroid dienone is 3. The van der Waals surface area contributed by atoms with Crippen LogP contribution in [-0.2, 0) is 20.9 Å². The van der Waals surface area contributed by atoms with Crippen molar-refractivity contribution in [2.24, 2.45) is 0 Å². The van der Waals surface area contributed by atoms with E-state index in [0.29, 0.717) is 24.0 Å². The predicted octanol–water partition coefficient (Wildman–Crippen LogP) is 6.11. The molecule has 1 aliphatic heterocycles. The molecule has 0 amide bonds. The quantitative estimate of drug-likeness (QED) is 0.420. The largest absolute Gasteiger partial charge is 0.497 e. The van der Waals surface area contributed by atoms with E-state index in [1.165, 1.54) is 0 Å². The number of benzene rings is 3. The van der Waals surface area contributed by atoms with Crippen LogP contribution < -0.4 is 10.1 Å². The summed E-state index contributed by atoms with van der Waals surface area (Å²) in [6.07, 6.45) is 1.08. The van der Waals surface area contributed by atoms with Crippen molar-refractivity contribution in [2.75, 3.05) is 7.11 Å². The van der Waals surface area contributed by atoms with Gasteiger partial charge < -0.3 is 14.8 Å². The maximum absolute atomic E-state index is 13.7. The summed E-state index contributed by atoms with van der Waals surface area (Å²) >= 11 is 0. The molecule has 0 radical (unpaired) electrons. The molecule has 0 fully saturated rings. The van der Waals surface area contributed by atoms with E-state index in [2.05, 4.69) is 5.32 Å². The Kier molecular flexibility index (Phi) is 6.95. The summed E-state index contributed by atoms with van der Waals surface area (Å²) in [5, 5.41) is 3.42. The predicted molar refractivity (Wildman–Crippen MR) is 143 cm³/mol. The molecule has 0 bridgehead atoms. The number of nitrogens with one attached hydrogen (secondary N) is 1. The minimum Gasteiger partial charge on any atom is -0.497 e. The van der Waals surface area contributed by atoms with Gasteiger partial charge in [-0.1, -0.05) is 72.3 Å². The number of carbonyl (C=O) groups is 2. The van der Waals surface area contributed by atoms with E-state index in [4.69, 9.17) is 9.47 Å². The Morgan fingerprint density at radius 2 is 1.57 bits per heavy atom. The topological polar surface area (TPSA) is 64.6 Å². The number of esters is 1. The van der Waals surface area contributed by atoms with E-state index < -0.39 is 11.9 Å². The van der Waals surface area contributed by atoms with Gasteiger partial charge in [0.1, 0.15) is 12.4 Å². The zero-order chi connectivity index (χ0) is 25.9. The monoisotopic (exact) mass is 493 g/mol. The van der Waals surface area contributed by atoms with Crippen molar-refractivity contribution in [3.63, 3.8) is 0 Å². The Labute approximate surface area is 217 Å². The van der Waals surface area contributed by atoms with Crippen LogP contribution in [0.5, 0.6) is 5.75 Å². The standard InChI is InChI=1S/C32H31NO4/c1-20-9-11-24(12-10-20)30-29(32(35)37-19-22-7-5-4-6-8-22)21(2)33-27-17-25(18-28(34)31(27)30)23-13-15-26(36-3)16-14-23/h4-16,25,30,33H,17-19H2,1-3H3/t25-,30-/m0/s1. The fourth-order valence-corrected chi connectivity index (χ4v) is 5.31. The van der Waals surface area contributed by atoms with Gasteiger partial charge in [0, 0.05) is 29.3 Å². The summed E-state index contributed by atoms with van der Waals surface area (Å²) in [5.41, 5.74) is 6.84. The molecule has 0 saturated heterocycles. The van der Waals surface area contributed by atoms with Gasteiger partial charge in [0.05, 0.1) is 12.7 Å². The Morgan fingerprint density at radius 1 is 0.892 bits per heavy atom. The third-order valence-corrected chi connectivity index (χ3v) is 7.26. The molecule has 0 aromatic heterocycles. The van der Waals surface area contributed by atoms with Crippen LogP contribution in [0.1, 0.15) is 53.9 Å². The number of methoxy groups -OCH3 is 1. The van der Waals surface area contributed by atoms with Gasteiger partial charge in [0.2, 0.25) is 0 Å². The molecule has 5 rings (SSSR count). The van der Waals surface area contributed by atoms with Gasteiger partial charge in [-0.3, -0.25) is 4.79 Å². The first-order valence-corrected chi connectivity index (χ1v) is 12.6. The Balaban J connectivity index is 1.49. The molecular weight excluding hydrogens is 462 g/mol. The number of rotatable bonds is 6. The van der Waals surface area contributed by atoms with Gasteiger partial charge in [-0.05, 0) is 55.0 Å². The van der Waals surface area contributed by atoms with Crippen LogP contribution in [-0.4, -0.2) is 18.9 Å². The van der Waals surface area contributed by atoms with Crippen LogP contribution in [0.3, 0.4) is 0 Å². The van der Waals surface area contributed by atoms with Crippen molar-refractivity contribution >= 4 is 11.8 Å². The van der Waals surface area contributed by atoms with E-state index >= 15 is 0 Å². The molecule has 5 nitrogen and oxygen atoms in total. The number of hydrogen-bond acceptors (Lipinski definition) is 5. The highest BCUT2D eigenvalue weighted by molar-refractivity contribution is 6.04. The fraction of sp³-hybridized carbons (Fsp3) is 0.250. The molecule has 1 N–H and O–H groups in total. The molecule has 2 aliphatic rings. The van der Waals surface area contributed by atoms with Crippen molar-refractivity contribution in [1.82, 2.24) is 5.32 Å². The highest BCUT2D eigenvalue weighted by Gasteiger charge is 2.41. The van der Waals surface area contributed by atoms with Gasteiger partial charge in [-0.15, -0.1) is 0 Å². The Hall–Kier alpha value is -4.12. The van der Waals surface area contributed by atoms with Crippen molar-refractivity contribution in [3.05, 3.63) is 124 Å². The SMILES string of the molecule is COc1ccc([C@@H]2CC(=O)C3=C(C2)NC(C)=C(C(=O)OCc2ccccc2)[C@@H]3c2ccc(C)cc2)cc1. The normalized spacial score (nSPS) is 19.3. The van der Waals surface area contributed by atoms with Crippen molar-refractivity contribution in [3.8, 4) is 5.75 Å². The number of ether oxygens (including phenoxy) is 2. The summed E-state index contributed by atoms with van der Waals surface area (Å²) in [6.45, 7) is 4.10. The molecule has 1 aliphatic carbocycles. The van der Waals surface area contributed by atoms with Crippen LogP contribution in [0.4, 0.5) is 0 Å². The lowest BCUT2D eigenvalue weighted by molar-refractivity contribution is -0.140. The number of carbonyl (C=O) groups excluding carboxylic acids is 2. The molecule has 1 heterocycles. The zero-order valence-corrected chi connectivity index (χ0v) is 21.4. The second kappa shape index (κ2) is 10.5. The van der Waals surface area contributed by atoms with Gasteiger partial charge in [0.15, 0.2) is 5.78 Å². The molecule has 37 heavy (non-hydrogen) atoms. The van der Waals surface area contributed by atoms with Crippen molar-refractivity contribution in [1.29, 1.82) is 0 Å². The molecule has 5 heteroatoms. The summed E-state index contributed by atoms with van der Waals surface area (Å²) in [7, 11) is 1.64. The van der Waals surface area contributed by atoms with Crippen LogP contribution in [0, 0.1) is 6.92 Å². The molecule has 0 unspecified atom stereocenters. The lowest BCUT2D eigenvalue weighted by Gasteiger charge is -2.36. The maximum atomic E-state index is 13.7. The van der Waals surface area contributed by atoms with Crippen molar-refractivity contribution < 1.29 is 19.1 Å². The smallest absolute Gasteiger partial charge is 0.337 e. The minimum absolute atomic E-state index is 0.0565. The molecule has 188 valence electrons. The van der Waals surface area contributed by atoms with E-state index in [0.717, 1.165) is 39.4 Å². The zero-order valence-electron chi connectivity index (χ0n) is 21.4. The average Bonchev–Trinajstić information content (AvgIpc) is 2.92.